The van der Waals surface area contributed by atoms with Gasteiger partial charge in [0.05, 0.1) is 0 Å². The molecule has 0 amide bonds. The van der Waals surface area contributed by atoms with Crippen molar-refractivity contribution in [2.45, 2.75) is 78.1 Å². The molecule has 0 aromatic heterocycles. The number of unbranched alkanes of at least 4 members (excludes halogenated alkanes) is 9. The maximum absolute atomic E-state index is 4.62. The van der Waals surface area contributed by atoms with Crippen molar-refractivity contribution in [1.29, 1.82) is 0 Å². The fraction of sp³-hybridized carbons (Fsp3) is 0.419. The van der Waals surface area contributed by atoms with Crippen LogP contribution in [0.2, 0.25) is 0 Å². The predicted molar refractivity (Wildman–Crippen MR) is 156 cm³/mol. The molecule has 0 nitrogen and oxygen atoms in total. The fourth-order valence-electron chi connectivity index (χ4n) is 5.27. The monoisotopic (exact) mass is 524 g/mol. The Bertz CT molecular complexity index is 911. The van der Waals surface area contributed by atoms with Gasteiger partial charge in [-0.3, -0.25) is 0 Å². The van der Waals surface area contributed by atoms with Gasteiger partial charge < -0.3 is 0 Å². The zero-order valence-corrected chi connectivity index (χ0v) is 23.2. The number of halogens is 1. The topological polar surface area (TPSA) is 0 Å². The molecule has 3 rings (SSSR count). The number of aryl methyl sites for hydroxylation is 1. The standard InChI is InChI=1S/C31H42BrP/c1-3-4-5-6-7-8-9-10-11-20-27-33(32,29-22-14-12-15-23-29,30-24-16-13-17-25-30)31-26-19-18-21-28(31)2/h12-19,21-26H,3-11,20,27H2,1-2H3. The Hall–Kier alpha value is -1.43. The third-order valence-corrected chi connectivity index (χ3v) is 17.2. The fourth-order valence-corrected chi connectivity index (χ4v) is 13.9. The Morgan fingerprint density at radius 1 is 0.545 bits per heavy atom. The zero-order chi connectivity index (χ0) is 23.4. The molecule has 0 fully saturated rings. The van der Waals surface area contributed by atoms with Gasteiger partial charge in [0.15, 0.2) is 0 Å². The summed E-state index contributed by atoms with van der Waals surface area (Å²) in [7, 11) is 0. The average molecular weight is 526 g/mol. The van der Waals surface area contributed by atoms with Crippen molar-refractivity contribution >= 4 is 36.7 Å². The average Bonchev–Trinajstić information content (AvgIpc) is 2.86. The normalized spacial score (nSPS) is 12.9. The van der Waals surface area contributed by atoms with E-state index in [2.05, 4.69) is 114 Å². The van der Waals surface area contributed by atoms with E-state index in [0.29, 0.717) is 0 Å². The first-order valence-corrected chi connectivity index (χ1v) is 17.5. The molecule has 0 aliphatic rings. The maximum atomic E-state index is 4.62. The first kappa shape index (κ1) is 26.2. The van der Waals surface area contributed by atoms with Crippen molar-refractivity contribution in [3.05, 3.63) is 90.5 Å². The van der Waals surface area contributed by atoms with Crippen LogP contribution >= 0.6 is 20.8 Å². The molecular formula is C31H42BrP. The molecule has 0 aliphatic carbocycles. The molecule has 3 aromatic carbocycles. The summed E-state index contributed by atoms with van der Waals surface area (Å²) in [5.41, 5.74) is 1.38. The van der Waals surface area contributed by atoms with Gasteiger partial charge in [0.2, 0.25) is 0 Å². The van der Waals surface area contributed by atoms with E-state index in [1.54, 1.807) is 0 Å². The number of hydrogen-bond donors (Lipinski definition) is 0. The van der Waals surface area contributed by atoms with Crippen LogP contribution in [0.5, 0.6) is 0 Å². The summed E-state index contributed by atoms with van der Waals surface area (Å²) >= 11 is 4.62. The molecule has 0 bridgehead atoms. The third-order valence-electron chi connectivity index (χ3n) is 7.14. The van der Waals surface area contributed by atoms with Crippen LogP contribution in [-0.4, -0.2) is 6.16 Å². The van der Waals surface area contributed by atoms with Crippen LogP contribution in [0.4, 0.5) is 0 Å². The summed E-state index contributed by atoms with van der Waals surface area (Å²) < 4.78 is 0. The van der Waals surface area contributed by atoms with E-state index in [1.807, 2.05) is 0 Å². The summed E-state index contributed by atoms with van der Waals surface area (Å²) in [6.45, 7) is 4.57. The van der Waals surface area contributed by atoms with Crippen LogP contribution in [-0.2, 0) is 0 Å². The van der Waals surface area contributed by atoms with Crippen molar-refractivity contribution in [2.24, 2.45) is 0 Å². The van der Waals surface area contributed by atoms with Crippen LogP contribution in [0.25, 0.3) is 0 Å². The zero-order valence-electron chi connectivity index (χ0n) is 20.7. The van der Waals surface area contributed by atoms with Gasteiger partial charge in [0, 0.05) is 0 Å². The van der Waals surface area contributed by atoms with Gasteiger partial charge >= 0.3 is 211 Å². The van der Waals surface area contributed by atoms with Crippen LogP contribution in [0.15, 0.2) is 84.9 Å². The van der Waals surface area contributed by atoms with Gasteiger partial charge in [-0.05, 0) is 0 Å². The van der Waals surface area contributed by atoms with Crippen molar-refractivity contribution < 1.29 is 0 Å². The minimum absolute atomic E-state index is 1.17. The van der Waals surface area contributed by atoms with Crippen molar-refractivity contribution in [3.63, 3.8) is 0 Å². The van der Waals surface area contributed by atoms with Crippen LogP contribution in [0.3, 0.4) is 0 Å². The number of hydrogen-bond acceptors (Lipinski definition) is 0. The first-order chi connectivity index (χ1) is 16.1. The Labute approximate surface area is 210 Å². The second-order valence-corrected chi connectivity index (χ2v) is 18.6. The van der Waals surface area contributed by atoms with E-state index in [-0.39, 0.29) is 0 Å². The van der Waals surface area contributed by atoms with E-state index in [9.17, 15) is 0 Å². The molecule has 0 heterocycles. The predicted octanol–water partition coefficient (Wildman–Crippen LogP) is 9.06. The second kappa shape index (κ2) is 12.9. The Morgan fingerprint density at radius 2 is 0.970 bits per heavy atom. The van der Waals surface area contributed by atoms with Gasteiger partial charge in [-0.15, -0.1) is 0 Å². The second-order valence-electron chi connectivity index (χ2n) is 9.55. The summed E-state index contributed by atoms with van der Waals surface area (Å²) in [5, 5.41) is 1.61. The minimum atomic E-state index is -2.76. The van der Waals surface area contributed by atoms with Gasteiger partial charge in [-0.1, -0.05) is 0 Å². The molecule has 0 saturated carbocycles. The van der Waals surface area contributed by atoms with Crippen molar-refractivity contribution in [3.8, 4) is 0 Å². The molecule has 0 N–H and O–H groups in total. The molecule has 0 saturated heterocycles. The molecule has 0 spiro atoms. The van der Waals surface area contributed by atoms with Gasteiger partial charge in [0.25, 0.3) is 0 Å². The van der Waals surface area contributed by atoms with Crippen molar-refractivity contribution in [1.82, 2.24) is 0 Å². The van der Waals surface area contributed by atoms with E-state index in [0.717, 1.165) is 0 Å². The summed E-state index contributed by atoms with van der Waals surface area (Å²) in [5.74, 6) is 0. The molecule has 0 radical (unpaired) electrons. The first-order valence-electron chi connectivity index (χ1n) is 13.0. The van der Waals surface area contributed by atoms with Gasteiger partial charge in [-0.2, -0.15) is 0 Å². The summed E-state index contributed by atoms with van der Waals surface area (Å²) in [4.78, 5) is 0. The molecule has 2 heteroatoms. The van der Waals surface area contributed by atoms with E-state index in [1.165, 1.54) is 91.8 Å². The van der Waals surface area contributed by atoms with E-state index in [4.69, 9.17) is 0 Å². The molecule has 33 heavy (non-hydrogen) atoms. The van der Waals surface area contributed by atoms with Crippen LogP contribution in [0.1, 0.15) is 76.7 Å². The molecule has 0 unspecified atom stereocenters. The Kier molecular flexibility index (Phi) is 10.2. The molecular weight excluding hydrogens is 483 g/mol. The third kappa shape index (κ3) is 6.17. The van der Waals surface area contributed by atoms with Crippen LogP contribution < -0.4 is 15.9 Å². The quantitative estimate of drug-likeness (QED) is 0.145. The molecule has 0 atom stereocenters. The SMILES string of the molecule is CCCCCCCCCCCCP(Br)(c1ccccc1)(c1ccccc1)c1ccccc1C. The van der Waals surface area contributed by atoms with Gasteiger partial charge in [0.1, 0.15) is 0 Å². The molecule has 178 valence electrons. The number of rotatable bonds is 14. The van der Waals surface area contributed by atoms with Gasteiger partial charge in [-0.25, -0.2) is 0 Å². The summed E-state index contributed by atoms with van der Waals surface area (Å²) in [6.07, 6.45) is 14.8. The molecule has 3 aromatic rings. The van der Waals surface area contributed by atoms with Crippen LogP contribution in [0, 0.1) is 6.92 Å². The Morgan fingerprint density at radius 3 is 1.45 bits per heavy atom. The Balaban J connectivity index is 1.84. The number of benzene rings is 3. The van der Waals surface area contributed by atoms with Crippen molar-refractivity contribution in [2.75, 3.05) is 6.16 Å². The summed E-state index contributed by atoms with van der Waals surface area (Å²) in [6, 6.07) is 31.5. The van der Waals surface area contributed by atoms with E-state index >= 15 is 0 Å². The van der Waals surface area contributed by atoms with E-state index < -0.39 is 5.31 Å². The molecule has 0 aliphatic heterocycles.